The summed E-state index contributed by atoms with van der Waals surface area (Å²) in [6, 6.07) is 8.50. The highest BCUT2D eigenvalue weighted by Gasteiger charge is 2.16. The van der Waals surface area contributed by atoms with Crippen molar-refractivity contribution >= 4 is 34.4 Å². The Bertz CT molecular complexity index is 565. The van der Waals surface area contributed by atoms with Gasteiger partial charge in [0, 0.05) is 0 Å². The molecule has 0 aliphatic carbocycles. The summed E-state index contributed by atoms with van der Waals surface area (Å²) in [6.07, 6.45) is 0. The summed E-state index contributed by atoms with van der Waals surface area (Å²) in [5.74, 6) is 0.358. The third-order valence-electron chi connectivity index (χ3n) is 2.33. The molecule has 0 spiro atoms. The number of thiophene rings is 1. The Morgan fingerprint density at radius 3 is 2.71 bits per heavy atom. The Balaban J connectivity index is 2.44. The molecule has 3 nitrogen and oxygen atoms in total. The zero-order chi connectivity index (χ0) is 12.4. The summed E-state index contributed by atoms with van der Waals surface area (Å²) in [5, 5.41) is 0. The molecule has 2 aromatic rings. The molecular weight excluding hydrogens is 258 g/mol. The Labute approximate surface area is 108 Å². The summed E-state index contributed by atoms with van der Waals surface area (Å²) in [7, 11) is 1.52. The van der Waals surface area contributed by atoms with E-state index >= 15 is 0 Å². The van der Waals surface area contributed by atoms with E-state index in [1.54, 1.807) is 30.3 Å². The predicted octanol–water partition coefficient (Wildman–Crippen LogP) is 3.22. The summed E-state index contributed by atoms with van der Waals surface area (Å²) in [6.45, 7) is 0. The smallest absolute Gasteiger partial charge is 0.205 e. The van der Waals surface area contributed by atoms with E-state index in [-0.39, 0.29) is 5.78 Å². The first-order valence-corrected chi connectivity index (χ1v) is 6.05. The standard InChI is InChI=1S/C12H10ClNO2S/c1-16-8-4-2-3-7(11(8)14)12(15)9-5-6-10(13)17-9/h2-6H,14H2,1H3. The molecular formula is C12H10ClNO2S. The lowest BCUT2D eigenvalue weighted by Gasteiger charge is -2.07. The fraction of sp³-hybridized carbons (Fsp3) is 0.0833. The normalized spacial score (nSPS) is 10.2. The number of nitrogens with two attached hydrogens (primary N) is 1. The second kappa shape index (κ2) is 4.77. The number of ketones is 1. The number of hydrogen-bond acceptors (Lipinski definition) is 4. The van der Waals surface area contributed by atoms with Crippen LogP contribution in [0.4, 0.5) is 5.69 Å². The average molecular weight is 268 g/mol. The van der Waals surface area contributed by atoms with Crippen LogP contribution in [0.5, 0.6) is 5.75 Å². The number of benzene rings is 1. The number of anilines is 1. The van der Waals surface area contributed by atoms with E-state index in [4.69, 9.17) is 22.1 Å². The number of rotatable bonds is 3. The van der Waals surface area contributed by atoms with Crippen LogP contribution in [0.1, 0.15) is 15.2 Å². The largest absolute Gasteiger partial charge is 0.495 e. The third-order valence-corrected chi connectivity index (χ3v) is 3.56. The second-order valence-electron chi connectivity index (χ2n) is 3.35. The fourth-order valence-electron chi connectivity index (χ4n) is 1.49. The van der Waals surface area contributed by atoms with Gasteiger partial charge in [-0.05, 0) is 24.3 Å². The van der Waals surface area contributed by atoms with Crippen molar-refractivity contribution in [2.24, 2.45) is 0 Å². The number of para-hydroxylation sites is 1. The van der Waals surface area contributed by atoms with Crippen LogP contribution in [-0.2, 0) is 0 Å². The Morgan fingerprint density at radius 1 is 1.35 bits per heavy atom. The van der Waals surface area contributed by atoms with Crippen molar-refractivity contribution in [1.29, 1.82) is 0 Å². The van der Waals surface area contributed by atoms with Crippen molar-refractivity contribution in [3.05, 3.63) is 45.1 Å². The average Bonchev–Trinajstić information content (AvgIpc) is 2.75. The van der Waals surface area contributed by atoms with Crippen molar-refractivity contribution in [3.63, 3.8) is 0 Å². The summed E-state index contributed by atoms with van der Waals surface area (Å²) >= 11 is 7.03. The molecule has 0 aliphatic heterocycles. The summed E-state index contributed by atoms with van der Waals surface area (Å²) in [4.78, 5) is 12.7. The Kier molecular flexibility index (Phi) is 3.36. The minimum absolute atomic E-state index is 0.140. The maximum absolute atomic E-state index is 12.2. The SMILES string of the molecule is COc1cccc(C(=O)c2ccc(Cl)s2)c1N. The zero-order valence-electron chi connectivity index (χ0n) is 9.07. The van der Waals surface area contributed by atoms with Gasteiger partial charge in [-0.25, -0.2) is 0 Å². The highest BCUT2D eigenvalue weighted by molar-refractivity contribution is 7.18. The number of methoxy groups -OCH3 is 1. The van der Waals surface area contributed by atoms with Crippen LogP contribution in [0.3, 0.4) is 0 Å². The van der Waals surface area contributed by atoms with Gasteiger partial charge < -0.3 is 10.5 Å². The molecule has 0 aliphatic rings. The topological polar surface area (TPSA) is 52.3 Å². The van der Waals surface area contributed by atoms with Gasteiger partial charge in [-0.3, -0.25) is 4.79 Å². The molecule has 0 unspecified atom stereocenters. The van der Waals surface area contributed by atoms with Crippen LogP contribution in [0.25, 0.3) is 0 Å². The predicted molar refractivity (Wildman–Crippen MR) is 70.2 cm³/mol. The first-order chi connectivity index (χ1) is 8.13. The minimum atomic E-state index is -0.140. The van der Waals surface area contributed by atoms with Crippen LogP contribution >= 0.6 is 22.9 Å². The Hall–Kier alpha value is -1.52. The van der Waals surface area contributed by atoms with Gasteiger partial charge in [0.05, 0.1) is 27.6 Å². The molecule has 17 heavy (non-hydrogen) atoms. The highest BCUT2D eigenvalue weighted by Crippen LogP contribution is 2.29. The first kappa shape index (κ1) is 12.0. The molecule has 88 valence electrons. The molecule has 1 aromatic heterocycles. The maximum Gasteiger partial charge on any atom is 0.205 e. The number of carbonyl (C=O) groups excluding carboxylic acids is 1. The third kappa shape index (κ3) is 2.28. The molecule has 0 saturated carbocycles. The van der Waals surface area contributed by atoms with Crippen molar-refractivity contribution in [2.75, 3.05) is 12.8 Å². The molecule has 0 saturated heterocycles. The highest BCUT2D eigenvalue weighted by atomic mass is 35.5. The Morgan fingerprint density at radius 2 is 2.12 bits per heavy atom. The fourth-order valence-corrected chi connectivity index (χ4v) is 2.49. The number of ether oxygens (including phenoxy) is 1. The van der Waals surface area contributed by atoms with E-state index in [9.17, 15) is 4.79 Å². The van der Waals surface area contributed by atoms with Gasteiger partial charge in [-0.15, -0.1) is 11.3 Å². The molecule has 5 heteroatoms. The molecule has 1 aromatic carbocycles. The molecule has 1 heterocycles. The van der Waals surface area contributed by atoms with Crippen LogP contribution < -0.4 is 10.5 Å². The van der Waals surface area contributed by atoms with E-state index < -0.39 is 0 Å². The monoisotopic (exact) mass is 267 g/mol. The van der Waals surface area contributed by atoms with E-state index in [1.807, 2.05) is 0 Å². The molecule has 0 fully saturated rings. The van der Waals surface area contributed by atoms with Gasteiger partial charge in [0.25, 0.3) is 0 Å². The quantitative estimate of drug-likeness (QED) is 0.686. The molecule has 0 amide bonds. The maximum atomic E-state index is 12.2. The van der Waals surface area contributed by atoms with Crippen molar-refractivity contribution in [2.45, 2.75) is 0 Å². The van der Waals surface area contributed by atoms with E-state index in [2.05, 4.69) is 0 Å². The van der Waals surface area contributed by atoms with Gasteiger partial charge in [-0.1, -0.05) is 17.7 Å². The summed E-state index contributed by atoms with van der Waals surface area (Å²) < 4.78 is 5.66. The second-order valence-corrected chi connectivity index (χ2v) is 5.07. The van der Waals surface area contributed by atoms with Gasteiger partial charge in [0.2, 0.25) is 5.78 Å². The number of nitrogen functional groups attached to an aromatic ring is 1. The molecule has 2 rings (SSSR count). The van der Waals surface area contributed by atoms with Gasteiger partial charge in [0.15, 0.2) is 0 Å². The van der Waals surface area contributed by atoms with Crippen molar-refractivity contribution in [1.82, 2.24) is 0 Å². The number of carbonyl (C=O) groups is 1. The lowest BCUT2D eigenvalue weighted by Crippen LogP contribution is -2.05. The van der Waals surface area contributed by atoms with Crippen LogP contribution in [0.2, 0.25) is 4.34 Å². The van der Waals surface area contributed by atoms with E-state index in [0.717, 1.165) is 0 Å². The number of halogens is 1. The number of hydrogen-bond donors (Lipinski definition) is 1. The molecule has 0 radical (unpaired) electrons. The minimum Gasteiger partial charge on any atom is -0.495 e. The lowest BCUT2D eigenvalue weighted by molar-refractivity contribution is 0.104. The van der Waals surface area contributed by atoms with Crippen molar-refractivity contribution in [3.8, 4) is 5.75 Å². The lowest BCUT2D eigenvalue weighted by atomic mass is 10.1. The van der Waals surface area contributed by atoms with Crippen LogP contribution in [0.15, 0.2) is 30.3 Å². The summed E-state index contributed by atoms with van der Waals surface area (Å²) in [5.41, 5.74) is 6.65. The van der Waals surface area contributed by atoms with Crippen molar-refractivity contribution < 1.29 is 9.53 Å². The molecule has 0 bridgehead atoms. The first-order valence-electron chi connectivity index (χ1n) is 4.86. The molecule has 2 N–H and O–H groups in total. The van der Waals surface area contributed by atoms with Gasteiger partial charge >= 0.3 is 0 Å². The van der Waals surface area contributed by atoms with Crippen LogP contribution in [0, 0.1) is 0 Å². The molecule has 0 atom stereocenters. The van der Waals surface area contributed by atoms with Gasteiger partial charge in [-0.2, -0.15) is 0 Å². The zero-order valence-corrected chi connectivity index (χ0v) is 10.6. The van der Waals surface area contributed by atoms with Crippen LogP contribution in [-0.4, -0.2) is 12.9 Å². The van der Waals surface area contributed by atoms with Gasteiger partial charge in [0.1, 0.15) is 5.75 Å². The van der Waals surface area contributed by atoms with E-state index in [0.29, 0.717) is 26.2 Å². The van der Waals surface area contributed by atoms with E-state index in [1.165, 1.54) is 18.4 Å².